The van der Waals surface area contributed by atoms with Crippen LogP contribution in [0.2, 0.25) is 0 Å². The van der Waals surface area contributed by atoms with Gasteiger partial charge in [0.15, 0.2) is 28.2 Å². The smallest absolute Gasteiger partial charge is 0.207 e. The summed E-state index contributed by atoms with van der Waals surface area (Å²) in [5, 5.41) is 0. The van der Waals surface area contributed by atoms with Gasteiger partial charge in [0.2, 0.25) is 5.82 Å². The minimum atomic E-state index is -6.35. The number of hydrogen-bond acceptors (Lipinski definition) is 3. The molecule has 0 amide bonds. The molecule has 4 rings (SSSR count). The third-order valence-corrected chi connectivity index (χ3v) is 11.1. The SMILES string of the molecule is O=S(=O)(OS(c1ccc(C(F)(F)F)cc1)(c1ccc(C(F)(F)F)cc1)c1ccc(F)cc1F)c1c(F)c(F)c(F)c(F)c1F. The van der Waals surface area contributed by atoms with E-state index in [-0.39, 0.29) is 6.07 Å². The van der Waals surface area contributed by atoms with Gasteiger partial charge < -0.3 is 0 Å². The minimum absolute atomic E-state index is 0.111. The van der Waals surface area contributed by atoms with E-state index >= 15 is 4.39 Å². The van der Waals surface area contributed by atoms with Crippen molar-refractivity contribution in [3.63, 3.8) is 0 Å². The van der Waals surface area contributed by atoms with Gasteiger partial charge in [0.25, 0.3) is 0 Å². The summed E-state index contributed by atoms with van der Waals surface area (Å²) < 4.78 is 212. The molecule has 4 aromatic carbocycles. The maximum atomic E-state index is 15.4. The summed E-state index contributed by atoms with van der Waals surface area (Å²) in [6, 6.07) is 4.19. The number of alkyl halides is 6. The highest BCUT2D eigenvalue weighted by atomic mass is 32.3. The highest BCUT2D eigenvalue weighted by Crippen LogP contribution is 2.71. The lowest BCUT2D eigenvalue weighted by molar-refractivity contribution is -0.138. The Morgan fingerprint density at radius 1 is 0.523 bits per heavy atom. The molecular formula is C26H11F13O3S2. The first-order valence-electron chi connectivity index (χ1n) is 11.3. The van der Waals surface area contributed by atoms with Crippen molar-refractivity contribution in [2.45, 2.75) is 31.9 Å². The maximum Gasteiger partial charge on any atom is 0.416 e. The van der Waals surface area contributed by atoms with Crippen molar-refractivity contribution in [2.75, 3.05) is 0 Å². The average Bonchev–Trinajstić information content (AvgIpc) is 2.93. The summed E-state index contributed by atoms with van der Waals surface area (Å²) in [4.78, 5) is -5.30. The van der Waals surface area contributed by atoms with Crippen LogP contribution in [0, 0.1) is 40.7 Å². The first-order chi connectivity index (χ1) is 20.2. The zero-order chi connectivity index (χ0) is 33.0. The van der Waals surface area contributed by atoms with E-state index in [4.69, 9.17) is 3.63 Å². The minimum Gasteiger partial charge on any atom is -0.207 e. The lowest BCUT2D eigenvalue weighted by atomic mass is 10.2. The van der Waals surface area contributed by atoms with Crippen molar-refractivity contribution in [3.8, 4) is 0 Å². The van der Waals surface area contributed by atoms with Gasteiger partial charge in [-0.3, -0.25) is 0 Å². The molecule has 18 heteroatoms. The molecule has 0 N–H and O–H groups in total. The molecular weight excluding hydrogens is 671 g/mol. The van der Waals surface area contributed by atoms with E-state index < -0.39 is 104 Å². The van der Waals surface area contributed by atoms with Crippen molar-refractivity contribution in [2.24, 2.45) is 0 Å². The van der Waals surface area contributed by atoms with Crippen LogP contribution in [0.3, 0.4) is 0 Å². The zero-order valence-electron chi connectivity index (χ0n) is 20.8. The average molecular weight is 682 g/mol. The van der Waals surface area contributed by atoms with E-state index in [0.29, 0.717) is 60.7 Å². The summed E-state index contributed by atoms with van der Waals surface area (Å²) in [6.45, 7) is 0. The first kappa shape index (κ1) is 33.1. The number of hydrogen-bond donors (Lipinski definition) is 0. The predicted octanol–water partition coefficient (Wildman–Crippen LogP) is 9.30. The van der Waals surface area contributed by atoms with Gasteiger partial charge >= 0.3 is 22.5 Å². The molecule has 0 saturated heterocycles. The molecule has 0 radical (unpaired) electrons. The van der Waals surface area contributed by atoms with Crippen LogP contribution < -0.4 is 0 Å². The lowest BCUT2D eigenvalue weighted by Gasteiger charge is -2.39. The van der Waals surface area contributed by atoms with Crippen LogP contribution in [0.15, 0.2) is 86.3 Å². The Bertz CT molecular complexity index is 1750. The molecule has 0 heterocycles. The predicted molar refractivity (Wildman–Crippen MR) is 126 cm³/mol. The van der Waals surface area contributed by atoms with E-state index in [9.17, 15) is 61.1 Å². The second-order valence-electron chi connectivity index (χ2n) is 8.60. The first-order valence-corrected chi connectivity index (χ1v) is 14.3. The molecule has 236 valence electrons. The molecule has 3 nitrogen and oxygen atoms in total. The van der Waals surface area contributed by atoms with Crippen LogP contribution in [0.5, 0.6) is 0 Å². The van der Waals surface area contributed by atoms with Gasteiger partial charge in [0, 0.05) is 15.9 Å². The lowest BCUT2D eigenvalue weighted by Crippen LogP contribution is -2.20. The second-order valence-corrected chi connectivity index (χ2v) is 13.0. The summed E-state index contributed by atoms with van der Waals surface area (Å²) in [5.41, 5.74) is -2.77. The monoisotopic (exact) mass is 682 g/mol. The molecule has 0 aliphatic heterocycles. The van der Waals surface area contributed by atoms with E-state index in [1.165, 1.54) is 0 Å². The molecule has 0 aliphatic rings. The Morgan fingerprint density at radius 3 is 1.27 bits per heavy atom. The van der Waals surface area contributed by atoms with E-state index in [2.05, 4.69) is 0 Å². The fraction of sp³-hybridized carbons (Fsp3) is 0.0769. The van der Waals surface area contributed by atoms with Gasteiger partial charge in [0.1, 0.15) is 11.6 Å². The maximum absolute atomic E-state index is 15.4. The van der Waals surface area contributed by atoms with Gasteiger partial charge in [-0.15, -0.1) is 0 Å². The molecule has 0 fully saturated rings. The summed E-state index contributed by atoms with van der Waals surface area (Å²) in [5.74, 6) is -17.2. The Morgan fingerprint density at radius 2 is 0.909 bits per heavy atom. The molecule has 0 spiro atoms. The number of rotatable bonds is 6. The highest BCUT2D eigenvalue weighted by Gasteiger charge is 2.45. The Balaban J connectivity index is 2.15. The molecule has 4 aromatic rings. The van der Waals surface area contributed by atoms with Gasteiger partial charge in [-0.05, 0) is 71.0 Å². The van der Waals surface area contributed by atoms with Gasteiger partial charge in [0.05, 0.1) is 16.0 Å². The summed E-state index contributed by atoms with van der Waals surface area (Å²) in [6.07, 6.45) is -10.0. The van der Waals surface area contributed by atoms with Crippen molar-refractivity contribution in [3.05, 3.63) is 119 Å². The van der Waals surface area contributed by atoms with Crippen molar-refractivity contribution < 1.29 is 69.1 Å². The van der Waals surface area contributed by atoms with Gasteiger partial charge in [-0.25, -0.2) is 34.4 Å². The van der Waals surface area contributed by atoms with Gasteiger partial charge in [-0.2, -0.15) is 34.8 Å². The van der Waals surface area contributed by atoms with Crippen molar-refractivity contribution in [1.29, 1.82) is 0 Å². The standard InChI is InChI=1S/C26H11F13O3S2/c27-14-5-10-18(17(28)11-14)43(15-6-1-12(2-7-15)25(34,35)36,16-8-3-13(4-9-16)26(37,38)39)42-44(40,41)24-22(32)20(30)19(29)21(31)23(24)33/h1-11H. The van der Waals surface area contributed by atoms with E-state index in [0.717, 1.165) is 0 Å². The van der Waals surface area contributed by atoms with Crippen LogP contribution in [0.4, 0.5) is 57.1 Å². The molecule has 0 atom stereocenters. The third-order valence-electron chi connectivity index (χ3n) is 5.84. The largest absolute Gasteiger partial charge is 0.416 e. The fourth-order valence-corrected chi connectivity index (χ4v) is 9.16. The summed E-state index contributed by atoms with van der Waals surface area (Å²) >= 11 is 0. The van der Waals surface area contributed by atoms with Crippen LogP contribution in [-0.2, 0) is 26.1 Å². The van der Waals surface area contributed by atoms with Crippen LogP contribution >= 0.6 is 10.3 Å². The molecule has 44 heavy (non-hydrogen) atoms. The zero-order valence-corrected chi connectivity index (χ0v) is 22.4. The van der Waals surface area contributed by atoms with E-state index in [1.54, 1.807) is 0 Å². The molecule has 0 aliphatic carbocycles. The van der Waals surface area contributed by atoms with Crippen LogP contribution in [-0.4, -0.2) is 8.42 Å². The quantitative estimate of drug-likeness (QED) is 0.116. The second kappa shape index (κ2) is 11.3. The molecule has 0 bridgehead atoms. The number of benzene rings is 4. The Hall–Kier alpha value is -3.77. The van der Waals surface area contributed by atoms with Crippen molar-refractivity contribution >= 4 is 20.4 Å². The highest BCUT2D eigenvalue weighted by molar-refractivity contribution is 8.33. The normalized spacial score (nSPS) is 13.3. The Kier molecular flexibility index (Phi) is 8.51. The van der Waals surface area contributed by atoms with Crippen LogP contribution in [0.1, 0.15) is 11.1 Å². The molecule has 0 aromatic heterocycles. The van der Waals surface area contributed by atoms with Crippen molar-refractivity contribution in [1.82, 2.24) is 0 Å². The van der Waals surface area contributed by atoms with E-state index in [1.807, 2.05) is 0 Å². The Labute approximate surface area is 240 Å². The third kappa shape index (κ3) is 5.84. The van der Waals surface area contributed by atoms with Crippen LogP contribution in [0.25, 0.3) is 0 Å². The number of halogens is 13. The topological polar surface area (TPSA) is 43.4 Å². The molecule has 0 saturated carbocycles. The molecule has 0 unspecified atom stereocenters. The fourth-order valence-electron chi connectivity index (χ4n) is 3.86. The van der Waals surface area contributed by atoms with Gasteiger partial charge in [-0.1, -0.05) is 0 Å². The summed E-state index contributed by atoms with van der Waals surface area (Å²) in [7, 11) is -11.1.